The van der Waals surface area contributed by atoms with Gasteiger partial charge >= 0.3 is 0 Å². The van der Waals surface area contributed by atoms with Crippen molar-refractivity contribution in [3.63, 3.8) is 0 Å². The summed E-state index contributed by atoms with van der Waals surface area (Å²) in [5.74, 6) is 0. The molecule has 0 unspecified atom stereocenters. The fraction of sp³-hybridized carbons (Fsp3) is 0.778. The van der Waals surface area contributed by atoms with Crippen LogP contribution in [0.15, 0.2) is 6.20 Å². The van der Waals surface area contributed by atoms with Crippen molar-refractivity contribution in [1.29, 1.82) is 0 Å². The number of hydrogen-bond donors (Lipinski definition) is 0. The molecule has 1 aromatic heterocycles. The highest BCUT2D eigenvalue weighted by molar-refractivity contribution is 9.09. The van der Waals surface area contributed by atoms with Crippen molar-refractivity contribution in [2.75, 3.05) is 18.4 Å². The van der Waals surface area contributed by atoms with E-state index in [1.807, 2.05) is 13.2 Å². The molecule has 0 aliphatic rings. The van der Waals surface area contributed by atoms with Crippen molar-refractivity contribution in [1.82, 2.24) is 19.9 Å². The topological polar surface area (TPSA) is 34.0 Å². The van der Waals surface area contributed by atoms with E-state index in [4.69, 9.17) is 0 Å². The summed E-state index contributed by atoms with van der Waals surface area (Å²) in [7, 11) is 1.89. The molecule has 14 heavy (non-hydrogen) atoms. The Kier molecular flexibility index (Phi) is 5.11. The maximum Gasteiger partial charge on any atom is 0.0967 e. The third kappa shape index (κ3) is 3.75. The number of rotatable bonds is 6. The van der Waals surface area contributed by atoms with Crippen molar-refractivity contribution in [3.05, 3.63) is 11.9 Å². The van der Waals surface area contributed by atoms with Gasteiger partial charge in [-0.3, -0.25) is 9.58 Å². The molecular formula is C9H17BrN4. The standard InChI is InChI=1S/C9H17BrN4/c1-3-5-14(6-4-10)8-9-7-13(2)12-11-9/h7H,3-6,8H2,1-2H3. The third-order valence-electron chi connectivity index (χ3n) is 1.98. The van der Waals surface area contributed by atoms with Crippen LogP contribution in [0, 0.1) is 0 Å². The Hall–Kier alpha value is -0.420. The first-order valence-electron chi connectivity index (χ1n) is 4.89. The van der Waals surface area contributed by atoms with Crippen LogP contribution in [0.25, 0.3) is 0 Å². The summed E-state index contributed by atoms with van der Waals surface area (Å²) in [6.45, 7) is 5.26. The lowest BCUT2D eigenvalue weighted by Gasteiger charge is -2.18. The van der Waals surface area contributed by atoms with Crippen LogP contribution in [0.2, 0.25) is 0 Å². The minimum absolute atomic E-state index is 0.896. The molecule has 0 aromatic carbocycles. The molecule has 0 aliphatic heterocycles. The number of aryl methyl sites for hydroxylation is 1. The monoisotopic (exact) mass is 260 g/mol. The first-order valence-corrected chi connectivity index (χ1v) is 6.02. The molecule has 0 bridgehead atoms. The summed E-state index contributed by atoms with van der Waals surface area (Å²) < 4.78 is 1.74. The fourth-order valence-corrected chi connectivity index (χ4v) is 1.90. The van der Waals surface area contributed by atoms with Gasteiger partial charge in [0.2, 0.25) is 0 Å². The third-order valence-corrected chi connectivity index (χ3v) is 2.33. The fourth-order valence-electron chi connectivity index (χ4n) is 1.40. The van der Waals surface area contributed by atoms with E-state index in [1.54, 1.807) is 4.68 Å². The van der Waals surface area contributed by atoms with Gasteiger partial charge in [0.05, 0.1) is 5.69 Å². The minimum atomic E-state index is 0.896. The van der Waals surface area contributed by atoms with Crippen LogP contribution in [-0.2, 0) is 13.6 Å². The average molecular weight is 261 g/mol. The van der Waals surface area contributed by atoms with Crippen LogP contribution >= 0.6 is 15.9 Å². The zero-order valence-corrected chi connectivity index (χ0v) is 10.4. The zero-order chi connectivity index (χ0) is 10.4. The van der Waals surface area contributed by atoms with Gasteiger partial charge in [-0.25, -0.2) is 0 Å². The van der Waals surface area contributed by atoms with Crippen molar-refractivity contribution < 1.29 is 0 Å². The number of aromatic nitrogens is 3. The van der Waals surface area contributed by atoms with Crippen molar-refractivity contribution in [3.8, 4) is 0 Å². The Morgan fingerprint density at radius 3 is 2.79 bits per heavy atom. The van der Waals surface area contributed by atoms with E-state index in [2.05, 4.69) is 38.1 Å². The van der Waals surface area contributed by atoms with E-state index in [0.717, 1.165) is 30.7 Å². The molecule has 0 atom stereocenters. The Balaban J connectivity index is 2.46. The Morgan fingerprint density at radius 1 is 1.50 bits per heavy atom. The molecule has 5 heteroatoms. The molecule has 0 fully saturated rings. The second-order valence-corrected chi connectivity index (χ2v) is 4.14. The molecule has 0 spiro atoms. The van der Waals surface area contributed by atoms with Crippen molar-refractivity contribution >= 4 is 15.9 Å². The number of halogens is 1. The smallest absolute Gasteiger partial charge is 0.0967 e. The van der Waals surface area contributed by atoms with Gasteiger partial charge in [-0.2, -0.15) is 0 Å². The Bertz CT molecular complexity index is 255. The quantitative estimate of drug-likeness (QED) is 0.726. The second-order valence-electron chi connectivity index (χ2n) is 3.35. The molecule has 0 aliphatic carbocycles. The maximum absolute atomic E-state index is 4.08. The number of alkyl halides is 1. The van der Waals surface area contributed by atoms with Crippen LogP contribution < -0.4 is 0 Å². The van der Waals surface area contributed by atoms with Gasteiger partial charge in [-0.05, 0) is 13.0 Å². The highest BCUT2D eigenvalue weighted by Crippen LogP contribution is 2.01. The summed E-state index contributed by atoms with van der Waals surface area (Å²) >= 11 is 3.46. The van der Waals surface area contributed by atoms with E-state index in [-0.39, 0.29) is 0 Å². The predicted molar refractivity (Wildman–Crippen MR) is 60.4 cm³/mol. The molecule has 0 radical (unpaired) electrons. The number of hydrogen-bond acceptors (Lipinski definition) is 3. The molecule has 1 heterocycles. The van der Waals surface area contributed by atoms with Gasteiger partial charge in [0.15, 0.2) is 0 Å². The molecule has 0 saturated carbocycles. The summed E-state index contributed by atoms with van der Waals surface area (Å²) in [5.41, 5.74) is 1.04. The van der Waals surface area contributed by atoms with Crippen LogP contribution in [0.1, 0.15) is 19.0 Å². The molecule has 0 N–H and O–H groups in total. The molecule has 1 rings (SSSR count). The lowest BCUT2D eigenvalue weighted by Crippen LogP contribution is -2.26. The first kappa shape index (κ1) is 11.7. The Labute approximate surface area is 93.4 Å². The van der Waals surface area contributed by atoms with Gasteiger partial charge in [0.25, 0.3) is 0 Å². The maximum atomic E-state index is 4.08. The number of nitrogens with zero attached hydrogens (tertiary/aromatic N) is 4. The molecular weight excluding hydrogens is 244 g/mol. The summed E-state index contributed by atoms with van der Waals surface area (Å²) in [6, 6.07) is 0. The van der Waals surface area contributed by atoms with Crippen LogP contribution in [-0.4, -0.2) is 38.3 Å². The predicted octanol–water partition coefficient (Wildman–Crippen LogP) is 1.42. The van der Waals surface area contributed by atoms with E-state index < -0.39 is 0 Å². The summed E-state index contributed by atoms with van der Waals surface area (Å²) in [6.07, 6.45) is 3.14. The highest BCUT2D eigenvalue weighted by Gasteiger charge is 2.06. The molecule has 4 nitrogen and oxygen atoms in total. The summed E-state index contributed by atoms with van der Waals surface area (Å²) in [4.78, 5) is 2.37. The van der Waals surface area contributed by atoms with Crippen molar-refractivity contribution in [2.45, 2.75) is 19.9 Å². The van der Waals surface area contributed by atoms with E-state index >= 15 is 0 Å². The first-order chi connectivity index (χ1) is 6.76. The van der Waals surface area contributed by atoms with Gasteiger partial charge in [-0.15, -0.1) is 5.10 Å². The lowest BCUT2D eigenvalue weighted by atomic mass is 10.3. The van der Waals surface area contributed by atoms with E-state index in [0.29, 0.717) is 0 Å². The largest absolute Gasteiger partial charge is 0.297 e. The van der Waals surface area contributed by atoms with Gasteiger partial charge in [0.1, 0.15) is 0 Å². The molecule has 0 amide bonds. The van der Waals surface area contributed by atoms with Gasteiger partial charge in [-0.1, -0.05) is 28.1 Å². The van der Waals surface area contributed by atoms with Crippen LogP contribution in [0.3, 0.4) is 0 Å². The molecule has 80 valence electrons. The lowest BCUT2D eigenvalue weighted by molar-refractivity contribution is 0.280. The Morgan fingerprint density at radius 2 is 2.29 bits per heavy atom. The van der Waals surface area contributed by atoms with Gasteiger partial charge < -0.3 is 0 Å². The van der Waals surface area contributed by atoms with E-state index in [1.165, 1.54) is 6.42 Å². The van der Waals surface area contributed by atoms with Crippen LogP contribution in [0.4, 0.5) is 0 Å². The zero-order valence-electron chi connectivity index (χ0n) is 8.78. The van der Waals surface area contributed by atoms with Crippen LogP contribution in [0.5, 0.6) is 0 Å². The summed E-state index contributed by atoms with van der Waals surface area (Å²) in [5, 5.41) is 9.00. The minimum Gasteiger partial charge on any atom is -0.297 e. The molecule has 0 saturated heterocycles. The van der Waals surface area contributed by atoms with Gasteiger partial charge in [0, 0.05) is 31.7 Å². The van der Waals surface area contributed by atoms with Crippen molar-refractivity contribution in [2.24, 2.45) is 7.05 Å². The normalized spacial score (nSPS) is 11.1. The SMILES string of the molecule is CCCN(CCBr)Cc1cn(C)nn1. The molecule has 1 aromatic rings. The highest BCUT2D eigenvalue weighted by atomic mass is 79.9. The average Bonchev–Trinajstić information content (AvgIpc) is 2.52. The van der Waals surface area contributed by atoms with E-state index in [9.17, 15) is 0 Å². The second kappa shape index (κ2) is 6.14.